The van der Waals surface area contributed by atoms with Crippen LogP contribution in [0.3, 0.4) is 0 Å². The molecule has 0 radical (unpaired) electrons. The summed E-state index contributed by atoms with van der Waals surface area (Å²) in [6.07, 6.45) is 6.66. The highest BCUT2D eigenvalue weighted by molar-refractivity contribution is 7.14. The molecule has 3 N–H and O–H groups in total. The van der Waals surface area contributed by atoms with Gasteiger partial charge in [-0.25, -0.2) is 8.78 Å². The molecule has 4 rings (SSSR count). The van der Waals surface area contributed by atoms with Crippen molar-refractivity contribution in [3.63, 3.8) is 0 Å². The summed E-state index contributed by atoms with van der Waals surface area (Å²) >= 11 is 7.44. The summed E-state index contributed by atoms with van der Waals surface area (Å²) in [5, 5.41) is 9.22. The van der Waals surface area contributed by atoms with Crippen molar-refractivity contribution in [3.05, 3.63) is 44.9 Å². The fourth-order valence-corrected chi connectivity index (χ4v) is 5.76. The lowest BCUT2D eigenvalue weighted by Gasteiger charge is -2.21. The highest BCUT2D eigenvalue weighted by Gasteiger charge is 2.58. The second-order valence-electron chi connectivity index (χ2n) is 9.53. The Bertz CT molecular complexity index is 1070. The molecule has 0 unspecified atom stereocenters. The van der Waals surface area contributed by atoms with Crippen LogP contribution in [0, 0.1) is 12.8 Å². The highest BCUT2D eigenvalue weighted by Crippen LogP contribution is 2.41. The van der Waals surface area contributed by atoms with Gasteiger partial charge in [-0.3, -0.25) is 14.6 Å². The van der Waals surface area contributed by atoms with Crippen molar-refractivity contribution in [1.29, 1.82) is 0 Å². The van der Waals surface area contributed by atoms with Crippen molar-refractivity contribution in [1.82, 2.24) is 15.6 Å². The lowest BCUT2D eigenvalue weighted by atomic mass is 9.97. The number of hydrogen-bond donors (Lipinski definition) is 3. The Hall–Kier alpha value is -2.26. The first-order valence-electron chi connectivity index (χ1n) is 12.1. The van der Waals surface area contributed by atoms with Gasteiger partial charge in [0.15, 0.2) is 0 Å². The van der Waals surface area contributed by atoms with Gasteiger partial charge in [0.25, 0.3) is 11.8 Å². The molecule has 2 fully saturated rings. The molecule has 2 aliphatic rings. The molecule has 2 amide bonds. The number of alkyl halides is 2. The van der Waals surface area contributed by atoms with Crippen molar-refractivity contribution in [2.45, 2.75) is 82.8 Å². The Balaban J connectivity index is 1.43. The maximum atomic E-state index is 13.4. The topological polar surface area (TPSA) is 83.1 Å². The maximum Gasteiger partial charge on any atom is 0.270 e. The standard InChI is InChI=1S/C25H31ClF2N4O2S/c1-3-17(30-18-11-16(26)13-29-14(18)2)20-8-9-21(35-20)24(34)31-19(10-15-6-4-5-7-15)23(33)32-22-12-25(22,27)28/h8-9,11,13,15,17,19,22,30H,3-7,10,12H2,1-2H3,(H,31,34)(H,32,33)/t17-,19+,22+/m1/s1. The van der Waals surface area contributed by atoms with E-state index in [0.29, 0.717) is 22.2 Å². The van der Waals surface area contributed by atoms with Crippen LogP contribution in [0.15, 0.2) is 24.4 Å². The number of carbonyl (C=O) groups excluding carboxylic acids is 2. The molecule has 0 bridgehead atoms. The third kappa shape index (κ3) is 6.50. The largest absolute Gasteiger partial charge is 0.376 e. The molecule has 6 nitrogen and oxygen atoms in total. The third-order valence-electron chi connectivity index (χ3n) is 6.79. The number of amides is 2. The number of aromatic nitrogens is 1. The fourth-order valence-electron chi connectivity index (χ4n) is 4.56. The molecule has 35 heavy (non-hydrogen) atoms. The minimum Gasteiger partial charge on any atom is -0.376 e. The predicted octanol–water partition coefficient (Wildman–Crippen LogP) is 5.87. The molecule has 2 aromatic rings. The van der Waals surface area contributed by atoms with Gasteiger partial charge < -0.3 is 16.0 Å². The van der Waals surface area contributed by atoms with E-state index in [1.165, 1.54) is 11.3 Å². The Kier molecular flexibility index (Phi) is 7.96. The summed E-state index contributed by atoms with van der Waals surface area (Å²) in [6.45, 7) is 3.94. The molecule has 0 spiro atoms. The van der Waals surface area contributed by atoms with Crippen LogP contribution in [0.4, 0.5) is 14.5 Å². The van der Waals surface area contributed by atoms with Gasteiger partial charge in [-0.05, 0) is 43.9 Å². The lowest BCUT2D eigenvalue weighted by Crippen LogP contribution is -2.48. The maximum absolute atomic E-state index is 13.4. The van der Waals surface area contributed by atoms with Crippen LogP contribution in [0.25, 0.3) is 0 Å². The molecular weight excluding hydrogens is 494 g/mol. The van der Waals surface area contributed by atoms with Gasteiger partial charge in [0, 0.05) is 17.5 Å². The number of carbonyl (C=O) groups is 2. The van der Waals surface area contributed by atoms with Gasteiger partial charge in [0.2, 0.25) is 5.91 Å². The molecule has 10 heteroatoms. The van der Waals surface area contributed by atoms with Gasteiger partial charge in [-0.15, -0.1) is 11.3 Å². The summed E-state index contributed by atoms with van der Waals surface area (Å²) in [5.74, 6) is -3.43. The summed E-state index contributed by atoms with van der Waals surface area (Å²) in [7, 11) is 0. The first-order chi connectivity index (χ1) is 16.7. The van der Waals surface area contributed by atoms with Crippen LogP contribution >= 0.6 is 22.9 Å². The number of rotatable bonds is 10. The van der Waals surface area contributed by atoms with E-state index in [-0.39, 0.29) is 18.4 Å². The van der Waals surface area contributed by atoms with Crippen LogP contribution in [0.2, 0.25) is 5.02 Å². The van der Waals surface area contributed by atoms with Crippen molar-refractivity contribution in [3.8, 4) is 0 Å². The molecule has 2 aliphatic carbocycles. The number of hydrogen-bond acceptors (Lipinski definition) is 5. The van der Waals surface area contributed by atoms with Crippen molar-refractivity contribution in [2.24, 2.45) is 5.92 Å². The van der Waals surface area contributed by atoms with Crippen LogP contribution in [0.1, 0.15) is 78.2 Å². The van der Waals surface area contributed by atoms with E-state index in [2.05, 4.69) is 20.9 Å². The fraction of sp³-hybridized carbons (Fsp3) is 0.560. The second kappa shape index (κ2) is 10.8. The zero-order chi connectivity index (χ0) is 25.2. The molecule has 3 atom stereocenters. The van der Waals surface area contributed by atoms with Gasteiger partial charge in [-0.1, -0.05) is 44.2 Å². The molecule has 0 aromatic carbocycles. The number of halogens is 3. The Labute approximate surface area is 213 Å². The van der Waals surface area contributed by atoms with E-state index in [1.807, 2.05) is 26.0 Å². The Morgan fingerprint density at radius 3 is 2.66 bits per heavy atom. The monoisotopic (exact) mass is 524 g/mol. The van der Waals surface area contributed by atoms with E-state index in [4.69, 9.17) is 11.6 Å². The van der Waals surface area contributed by atoms with Gasteiger partial charge >= 0.3 is 0 Å². The lowest BCUT2D eigenvalue weighted by molar-refractivity contribution is -0.124. The third-order valence-corrected chi connectivity index (χ3v) is 8.20. The van der Waals surface area contributed by atoms with Crippen LogP contribution < -0.4 is 16.0 Å². The number of pyridine rings is 1. The highest BCUT2D eigenvalue weighted by atomic mass is 35.5. The number of nitrogens with zero attached hydrogens (tertiary/aromatic N) is 1. The van der Waals surface area contributed by atoms with Crippen molar-refractivity contribution < 1.29 is 18.4 Å². The Morgan fingerprint density at radius 2 is 2.00 bits per heavy atom. The first-order valence-corrected chi connectivity index (χ1v) is 13.3. The SMILES string of the molecule is CC[C@@H](Nc1cc(Cl)cnc1C)c1ccc(C(=O)N[C@@H](CC2CCCC2)C(=O)N[C@H]2CC2(F)F)s1. The number of thiophene rings is 1. The summed E-state index contributed by atoms with van der Waals surface area (Å²) in [4.78, 5) is 31.6. The van der Waals surface area contributed by atoms with Gasteiger partial charge in [0.05, 0.1) is 33.4 Å². The van der Waals surface area contributed by atoms with E-state index in [0.717, 1.165) is 48.4 Å². The van der Waals surface area contributed by atoms with Crippen LogP contribution in [0.5, 0.6) is 0 Å². The normalized spacial score (nSPS) is 20.8. The van der Waals surface area contributed by atoms with Crippen LogP contribution in [-0.2, 0) is 4.79 Å². The molecule has 0 aliphatic heterocycles. The van der Waals surface area contributed by atoms with Crippen molar-refractivity contribution >= 4 is 40.4 Å². The Morgan fingerprint density at radius 1 is 1.29 bits per heavy atom. The average molecular weight is 525 g/mol. The molecule has 0 saturated heterocycles. The number of aryl methyl sites for hydroxylation is 1. The molecule has 2 saturated carbocycles. The van der Waals surface area contributed by atoms with E-state index in [1.54, 1.807) is 12.3 Å². The smallest absolute Gasteiger partial charge is 0.270 e. The molecule has 190 valence electrons. The molecular formula is C25H31ClF2N4O2S. The van der Waals surface area contributed by atoms with Crippen molar-refractivity contribution in [2.75, 3.05) is 5.32 Å². The first kappa shape index (κ1) is 25.8. The molecule has 2 heterocycles. The number of nitrogens with one attached hydrogen (secondary N) is 3. The average Bonchev–Trinajstić information content (AvgIpc) is 3.25. The summed E-state index contributed by atoms with van der Waals surface area (Å²) < 4.78 is 26.7. The number of anilines is 1. The van der Waals surface area contributed by atoms with Gasteiger partial charge in [-0.2, -0.15) is 0 Å². The minimum atomic E-state index is -2.85. The zero-order valence-corrected chi connectivity index (χ0v) is 21.4. The van der Waals surface area contributed by atoms with Gasteiger partial charge in [0.1, 0.15) is 6.04 Å². The zero-order valence-electron chi connectivity index (χ0n) is 19.9. The quantitative estimate of drug-likeness (QED) is 0.363. The van der Waals surface area contributed by atoms with Crippen LogP contribution in [-0.4, -0.2) is 34.8 Å². The van der Waals surface area contributed by atoms with E-state index in [9.17, 15) is 18.4 Å². The minimum absolute atomic E-state index is 0.0461. The summed E-state index contributed by atoms with van der Waals surface area (Å²) in [6, 6.07) is 3.45. The second-order valence-corrected chi connectivity index (χ2v) is 11.1. The molecule has 2 aromatic heterocycles. The van der Waals surface area contributed by atoms with E-state index >= 15 is 0 Å². The van der Waals surface area contributed by atoms with E-state index < -0.39 is 23.9 Å². The summed E-state index contributed by atoms with van der Waals surface area (Å²) in [5.41, 5.74) is 1.65. The predicted molar refractivity (Wildman–Crippen MR) is 134 cm³/mol.